The van der Waals surface area contributed by atoms with Crippen LogP contribution in [0.3, 0.4) is 0 Å². The van der Waals surface area contributed by atoms with E-state index < -0.39 is 5.24 Å². The van der Waals surface area contributed by atoms with Gasteiger partial charge in [0.05, 0.1) is 13.2 Å². The van der Waals surface area contributed by atoms with Crippen LogP contribution in [-0.4, -0.2) is 42.7 Å². The van der Waals surface area contributed by atoms with Crippen LogP contribution in [0.15, 0.2) is 12.1 Å². The highest BCUT2D eigenvalue weighted by atomic mass is 35.5. The highest BCUT2D eigenvalue weighted by Crippen LogP contribution is 2.27. The number of rotatable bonds is 4. The first kappa shape index (κ1) is 15.3. The lowest BCUT2D eigenvalue weighted by Crippen LogP contribution is -2.44. The average molecular weight is 298 g/mol. The zero-order valence-corrected chi connectivity index (χ0v) is 12.9. The van der Waals surface area contributed by atoms with Crippen LogP contribution in [-0.2, 0) is 4.74 Å². The summed E-state index contributed by atoms with van der Waals surface area (Å²) in [5.74, 6) is 0.825. The van der Waals surface area contributed by atoms with Crippen molar-refractivity contribution in [1.29, 1.82) is 0 Å². The smallest absolute Gasteiger partial charge is 0.252 e. The predicted octanol–water partition coefficient (Wildman–Crippen LogP) is 2.74. The molecule has 0 amide bonds. The quantitative estimate of drug-likeness (QED) is 0.801. The summed E-state index contributed by atoms with van der Waals surface area (Å²) in [6.07, 6.45) is -0.0196. The van der Waals surface area contributed by atoms with Crippen molar-refractivity contribution in [1.82, 2.24) is 4.90 Å². The van der Waals surface area contributed by atoms with E-state index in [0.29, 0.717) is 5.56 Å². The number of carbonyl (C=O) groups is 1. The highest BCUT2D eigenvalue weighted by Gasteiger charge is 2.20. The minimum atomic E-state index is -0.441. The van der Waals surface area contributed by atoms with Crippen molar-refractivity contribution in [2.75, 3.05) is 26.3 Å². The van der Waals surface area contributed by atoms with Crippen molar-refractivity contribution in [2.45, 2.75) is 27.0 Å². The molecule has 0 saturated carbocycles. The van der Waals surface area contributed by atoms with Gasteiger partial charge >= 0.3 is 0 Å². The molecule has 0 aliphatic carbocycles. The molecule has 1 aromatic carbocycles. The minimum absolute atomic E-state index is 0.0196. The van der Waals surface area contributed by atoms with Gasteiger partial charge in [-0.15, -0.1) is 0 Å². The van der Waals surface area contributed by atoms with E-state index in [1.54, 1.807) is 12.1 Å². The number of carbonyl (C=O) groups excluding carboxylic acids is 1. The number of hydrogen-bond donors (Lipinski definition) is 0. The molecule has 1 saturated heterocycles. The number of morpholine rings is 1. The van der Waals surface area contributed by atoms with Gasteiger partial charge in [-0.1, -0.05) is 0 Å². The second-order valence-electron chi connectivity index (χ2n) is 5.08. The van der Waals surface area contributed by atoms with E-state index in [2.05, 4.69) is 4.90 Å². The molecule has 1 aromatic rings. The Morgan fingerprint density at radius 3 is 2.35 bits per heavy atom. The van der Waals surface area contributed by atoms with Crippen molar-refractivity contribution in [3.05, 3.63) is 28.8 Å². The largest absolute Gasteiger partial charge is 0.475 e. The van der Waals surface area contributed by atoms with Crippen LogP contribution in [0, 0.1) is 13.8 Å². The predicted molar refractivity (Wildman–Crippen MR) is 78.6 cm³/mol. The standard InChI is InChI=1S/C15H20ClNO3/c1-10-8-13(15(16)18)9-11(2)14(10)20-12(3)17-4-6-19-7-5-17/h8-9,12H,4-7H2,1-3H3. The Morgan fingerprint density at radius 2 is 1.85 bits per heavy atom. The molecule has 1 aliphatic heterocycles. The molecule has 110 valence electrons. The van der Waals surface area contributed by atoms with Crippen LogP contribution in [0.4, 0.5) is 0 Å². The number of ether oxygens (including phenoxy) is 2. The lowest BCUT2D eigenvalue weighted by atomic mass is 10.1. The molecule has 4 nitrogen and oxygen atoms in total. The lowest BCUT2D eigenvalue weighted by molar-refractivity contribution is -0.0377. The lowest BCUT2D eigenvalue weighted by Gasteiger charge is -2.33. The molecule has 1 fully saturated rings. The van der Waals surface area contributed by atoms with E-state index >= 15 is 0 Å². The van der Waals surface area contributed by atoms with Crippen molar-refractivity contribution in [3.8, 4) is 5.75 Å². The number of aryl methyl sites for hydroxylation is 2. The second-order valence-corrected chi connectivity index (χ2v) is 5.42. The molecule has 1 heterocycles. The topological polar surface area (TPSA) is 38.8 Å². The zero-order valence-electron chi connectivity index (χ0n) is 12.1. The molecule has 0 bridgehead atoms. The van der Waals surface area contributed by atoms with Crippen LogP contribution < -0.4 is 4.74 Å². The summed E-state index contributed by atoms with van der Waals surface area (Å²) in [5.41, 5.74) is 2.36. The van der Waals surface area contributed by atoms with E-state index in [1.807, 2.05) is 20.8 Å². The van der Waals surface area contributed by atoms with Gasteiger partial charge in [-0.3, -0.25) is 9.69 Å². The van der Waals surface area contributed by atoms with Crippen molar-refractivity contribution >= 4 is 16.8 Å². The Hall–Kier alpha value is -1.10. The van der Waals surface area contributed by atoms with Gasteiger partial charge in [-0.25, -0.2) is 0 Å². The maximum Gasteiger partial charge on any atom is 0.252 e. The molecule has 0 aromatic heterocycles. The first-order valence-electron chi connectivity index (χ1n) is 6.78. The minimum Gasteiger partial charge on any atom is -0.475 e. The summed E-state index contributed by atoms with van der Waals surface area (Å²) in [5, 5.41) is -0.441. The average Bonchev–Trinajstić information content (AvgIpc) is 2.43. The van der Waals surface area contributed by atoms with Gasteiger partial charge in [0.15, 0.2) is 0 Å². The van der Waals surface area contributed by atoms with Gasteiger partial charge in [0.25, 0.3) is 5.24 Å². The van der Waals surface area contributed by atoms with Gasteiger partial charge in [-0.2, -0.15) is 0 Å². The van der Waals surface area contributed by atoms with Gasteiger partial charge < -0.3 is 9.47 Å². The van der Waals surface area contributed by atoms with Crippen molar-refractivity contribution in [3.63, 3.8) is 0 Å². The van der Waals surface area contributed by atoms with Gasteiger partial charge in [-0.05, 0) is 55.6 Å². The van der Waals surface area contributed by atoms with E-state index in [1.165, 1.54) is 0 Å². The number of hydrogen-bond acceptors (Lipinski definition) is 4. The van der Waals surface area contributed by atoms with Crippen LogP contribution in [0.1, 0.15) is 28.4 Å². The maximum absolute atomic E-state index is 11.2. The molecule has 0 spiro atoms. The Morgan fingerprint density at radius 1 is 1.30 bits per heavy atom. The molecule has 1 unspecified atom stereocenters. The fourth-order valence-corrected chi connectivity index (χ4v) is 2.54. The van der Waals surface area contributed by atoms with E-state index in [-0.39, 0.29) is 6.23 Å². The monoisotopic (exact) mass is 297 g/mol. The fourth-order valence-electron chi connectivity index (χ4n) is 2.44. The first-order chi connectivity index (χ1) is 9.49. The molecule has 20 heavy (non-hydrogen) atoms. The number of halogens is 1. The summed E-state index contributed by atoms with van der Waals surface area (Å²) < 4.78 is 11.4. The Labute approximate surface area is 124 Å². The first-order valence-corrected chi connectivity index (χ1v) is 7.16. The van der Waals surface area contributed by atoms with Gasteiger partial charge in [0.1, 0.15) is 12.0 Å². The van der Waals surface area contributed by atoms with Crippen LogP contribution in [0.5, 0.6) is 5.75 Å². The second kappa shape index (κ2) is 6.57. The number of benzene rings is 1. The van der Waals surface area contributed by atoms with Gasteiger partial charge in [0, 0.05) is 18.7 Å². The molecule has 2 rings (SSSR count). The Kier molecular flexibility index (Phi) is 5.02. The third-order valence-electron chi connectivity index (χ3n) is 3.54. The summed E-state index contributed by atoms with van der Waals surface area (Å²) in [6, 6.07) is 3.54. The third-order valence-corrected chi connectivity index (χ3v) is 3.75. The summed E-state index contributed by atoms with van der Waals surface area (Å²) in [4.78, 5) is 13.5. The molecule has 0 N–H and O–H groups in total. The molecule has 1 atom stereocenters. The summed E-state index contributed by atoms with van der Waals surface area (Å²) in [7, 11) is 0. The molecule has 1 aliphatic rings. The maximum atomic E-state index is 11.2. The fraction of sp³-hybridized carbons (Fsp3) is 0.533. The van der Waals surface area contributed by atoms with E-state index in [4.69, 9.17) is 21.1 Å². The zero-order chi connectivity index (χ0) is 14.7. The Balaban J connectivity index is 2.14. The summed E-state index contributed by atoms with van der Waals surface area (Å²) in [6.45, 7) is 9.12. The molecular formula is C15H20ClNO3. The number of nitrogens with zero attached hydrogens (tertiary/aromatic N) is 1. The van der Waals surface area contributed by atoms with Crippen LogP contribution >= 0.6 is 11.6 Å². The summed E-state index contributed by atoms with van der Waals surface area (Å²) >= 11 is 5.53. The normalized spacial score (nSPS) is 17.8. The van der Waals surface area contributed by atoms with Crippen molar-refractivity contribution < 1.29 is 14.3 Å². The van der Waals surface area contributed by atoms with E-state index in [0.717, 1.165) is 43.2 Å². The van der Waals surface area contributed by atoms with Gasteiger partial charge in [0.2, 0.25) is 0 Å². The SMILES string of the molecule is Cc1cc(C(=O)Cl)cc(C)c1OC(C)N1CCOCC1. The Bertz CT molecular complexity index is 475. The van der Waals surface area contributed by atoms with Crippen LogP contribution in [0.2, 0.25) is 0 Å². The van der Waals surface area contributed by atoms with E-state index in [9.17, 15) is 4.79 Å². The van der Waals surface area contributed by atoms with Crippen molar-refractivity contribution in [2.24, 2.45) is 0 Å². The highest BCUT2D eigenvalue weighted by molar-refractivity contribution is 6.67. The van der Waals surface area contributed by atoms with Crippen LogP contribution in [0.25, 0.3) is 0 Å². The molecular weight excluding hydrogens is 278 g/mol. The molecule has 5 heteroatoms. The molecule has 0 radical (unpaired) electrons. The third kappa shape index (κ3) is 3.51.